The molecule has 1 saturated heterocycles. The Hall–Kier alpha value is -2.57. The van der Waals surface area contributed by atoms with Gasteiger partial charge in [0.05, 0.1) is 13.1 Å². The van der Waals surface area contributed by atoms with Crippen molar-refractivity contribution in [3.05, 3.63) is 29.8 Å². The zero-order valence-corrected chi connectivity index (χ0v) is 18.1. The second kappa shape index (κ2) is 11.6. The van der Waals surface area contributed by atoms with E-state index in [0.29, 0.717) is 12.5 Å². The summed E-state index contributed by atoms with van der Waals surface area (Å²) in [7, 11) is 0. The van der Waals surface area contributed by atoms with E-state index < -0.39 is 0 Å². The van der Waals surface area contributed by atoms with Gasteiger partial charge in [-0.1, -0.05) is 31.4 Å². The van der Waals surface area contributed by atoms with Crippen LogP contribution in [0.3, 0.4) is 0 Å². The third-order valence-corrected chi connectivity index (χ3v) is 5.80. The first-order valence-electron chi connectivity index (χ1n) is 11.4. The van der Waals surface area contributed by atoms with Gasteiger partial charge in [-0.2, -0.15) is 0 Å². The highest BCUT2D eigenvalue weighted by Crippen LogP contribution is 2.25. The summed E-state index contributed by atoms with van der Waals surface area (Å²) in [5.74, 6) is 1.01. The normalized spacial score (nSPS) is 17.6. The van der Waals surface area contributed by atoms with Crippen molar-refractivity contribution in [1.82, 2.24) is 15.5 Å². The zero-order chi connectivity index (χ0) is 21.2. The Labute approximate surface area is 179 Å². The lowest BCUT2D eigenvalue weighted by Crippen LogP contribution is -2.44. The number of hydrogen-bond acceptors (Lipinski definition) is 3. The summed E-state index contributed by atoms with van der Waals surface area (Å²) < 4.78 is 0. The summed E-state index contributed by atoms with van der Waals surface area (Å²) in [6.45, 7) is 5.16. The fourth-order valence-electron chi connectivity index (χ4n) is 4.11. The number of rotatable bonds is 7. The number of benzene rings is 1. The van der Waals surface area contributed by atoms with Gasteiger partial charge in [0.1, 0.15) is 0 Å². The molecule has 0 spiro atoms. The summed E-state index contributed by atoms with van der Waals surface area (Å²) in [4.78, 5) is 31.2. The fraction of sp³-hybridized carbons (Fsp3) is 0.609. The van der Waals surface area contributed by atoms with Crippen molar-refractivity contribution in [3.8, 4) is 0 Å². The molecular formula is C23H35N5O2. The smallest absolute Gasteiger partial charge is 0.241 e. The van der Waals surface area contributed by atoms with E-state index in [0.717, 1.165) is 69.4 Å². The van der Waals surface area contributed by atoms with Gasteiger partial charge in [0.15, 0.2) is 5.96 Å². The monoisotopic (exact) mass is 413 g/mol. The average Bonchev–Trinajstić information content (AvgIpc) is 3.31. The standard InChI is InChI=1S/C23H35N5O2/c1-2-24-23(26-17-21(29)28-13-6-7-14-28)25-16-18-9-8-12-20(15-18)27-22(30)19-10-4-3-5-11-19/h8-9,12,15,19H,2-7,10-11,13-14,16-17H2,1H3,(H,27,30)(H2,24,25,26). The number of amides is 2. The van der Waals surface area contributed by atoms with Crippen molar-refractivity contribution in [3.63, 3.8) is 0 Å². The Morgan fingerprint density at radius 2 is 1.83 bits per heavy atom. The van der Waals surface area contributed by atoms with Crippen molar-refractivity contribution in [2.75, 3.05) is 31.5 Å². The Morgan fingerprint density at radius 1 is 1.07 bits per heavy atom. The zero-order valence-electron chi connectivity index (χ0n) is 18.1. The summed E-state index contributed by atoms with van der Waals surface area (Å²) in [5.41, 5.74) is 1.83. The van der Waals surface area contributed by atoms with Crippen LogP contribution in [0.25, 0.3) is 0 Å². The number of guanidine groups is 1. The highest BCUT2D eigenvalue weighted by Gasteiger charge is 2.21. The van der Waals surface area contributed by atoms with Crippen LogP contribution in [0.2, 0.25) is 0 Å². The van der Waals surface area contributed by atoms with Crippen molar-refractivity contribution in [1.29, 1.82) is 0 Å². The number of carbonyl (C=O) groups is 2. The third-order valence-electron chi connectivity index (χ3n) is 5.80. The van der Waals surface area contributed by atoms with E-state index in [1.807, 2.05) is 36.1 Å². The molecule has 2 amide bonds. The molecule has 7 heteroatoms. The van der Waals surface area contributed by atoms with E-state index in [-0.39, 0.29) is 24.3 Å². The van der Waals surface area contributed by atoms with E-state index in [1.54, 1.807) is 0 Å². The second-order valence-electron chi connectivity index (χ2n) is 8.16. The topological polar surface area (TPSA) is 85.8 Å². The third kappa shape index (κ3) is 6.75. The van der Waals surface area contributed by atoms with Gasteiger partial charge in [-0.3, -0.25) is 9.59 Å². The predicted octanol–water partition coefficient (Wildman–Crippen LogP) is 2.88. The number of carbonyl (C=O) groups excluding carboxylic acids is 2. The average molecular weight is 414 g/mol. The summed E-state index contributed by atoms with van der Waals surface area (Å²) in [5, 5.41) is 9.39. The number of nitrogens with zero attached hydrogens (tertiary/aromatic N) is 2. The molecule has 3 N–H and O–H groups in total. The molecule has 2 fully saturated rings. The first kappa shape index (κ1) is 22.1. The molecule has 1 aromatic rings. The molecule has 2 aliphatic rings. The molecule has 3 rings (SSSR count). The van der Waals surface area contributed by atoms with Crippen LogP contribution in [0.15, 0.2) is 29.3 Å². The van der Waals surface area contributed by atoms with Crippen LogP contribution in [-0.4, -0.2) is 48.9 Å². The highest BCUT2D eigenvalue weighted by molar-refractivity contribution is 5.92. The molecule has 1 heterocycles. The van der Waals surface area contributed by atoms with Crippen molar-refractivity contribution in [2.45, 2.75) is 58.4 Å². The number of hydrogen-bond donors (Lipinski definition) is 3. The van der Waals surface area contributed by atoms with Gasteiger partial charge in [0.2, 0.25) is 11.8 Å². The maximum atomic E-state index is 12.5. The van der Waals surface area contributed by atoms with Gasteiger partial charge in [0.25, 0.3) is 0 Å². The molecular weight excluding hydrogens is 378 g/mol. The quantitative estimate of drug-likeness (QED) is 0.474. The Morgan fingerprint density at radius 3 is 2.57 bits per heavy atom. The number of anilines is 1. The van der Waals surface area contributed by atoms with E-state index in [1.165, 1.54) is 6.42 Å². The Bertz CT molecular complexity index is 737. The minimum atomic E-state index is 0.116. The van der Waals surface area contributed by atoms with Crippen LogP contribution >= 0.6 is 0 Å². The van der Waals surface area contributed by atoms with Gasteiger partial charge in [-0.15, -0.1) is 0 Å². The minimum absolute atomic E-state index is 0.116. The molecule has 1 aromatic carbocycles. The summed E-state index contributed by atoms with van der Waals surface area (Å²) in [6, 6.07) is 7.84. The molecule has 30 heavy (non-hydrogen) atoms. The number of likely N-dealkylation sites (tertiary alicyclic amines) is 1. The van der Waals surface area contributed by atoms with Crippen LogP contribution in [0.1, 0.15) is 57.4 Å². The maximum Gasteiger partial charge on any atom is 0.241 e. The lowest BCUT2D eigenvalue weighted by Gasteiger charge is -2.20. The largest absolute Gasteiger partial charge is 0.357 e. The van der Waals surface area contributed by atoms with Crippen molar-refractivity contribution in [2.24, 2.45) is 10.9 Å². The highest BCUT2D eigenvalue weighted by atomic mass is 16.2. The molecule has 0 atom stereocenters. The Balaban J connectivity index is 1.53. The van der Waals surface area contributed by atoms with E-state index in [4.69, 9.17) is 0 Å². The van der Waals surface area contributed by atoms with Crippen LogP contribution in [-0.2, 0) is 16.1 Å². The summed E-state index contributed by atoms with van der Waals surface area (Å²) >= 11 is 0. The van der Waals surface area contributed by atoms with Crippen LogP contribution < -0.4 is 16.0 Å². The van der Waals surface area contributed by atoms with Crippen LogP contribution in [0.5, 0.6) is 0 Å². The maximum absolute atomic E-state index is 12.5. The molecule has 1 aliphatic carbocycles. The molecule has 0 unspecified atom stereocenters. The van der Waals surface area contributed by atoms with Gasteiger partial charge in [-0.25, -0.2) is 4.99 Å². The van der Waals surface area contributed by atoms with Crippen molar-refractivity contribution >= 4 is 23.5 Å². The molecule has 164 valence electrons. The molecule has 1 aliphatic heterocycles. The first-order chi connectivity index (χ1) is 14.7. The Kier molecular flexibility index (Phi) is 8.53. The predicted molar refractivity (Wildman–Crippen MR) is 120 cm³/mol. The summed E-state index contributed by atoms with van der Waals surface area (Å²) in [6.07, 6.45) is 7.69. The second-order valence-corrected chi connectivity index (χ2v) is 8.16. The van der Waals surface area contributed by atoms with E-state index in [9.17, 15) is 9.59 Å². The van der Waals surface area contributed by atoms with Crippen molar-refractivity contribution < 1.29 is 9.59 Å². The van der Waals surface area contributed by atoms with Gasteiger partial charge in [0, 0.05) is 31.2 Å². The lowest BCUT2D eigenvalue weighted by molar-refractivity contribution is -0.128. The number of nitrogens with one attached hydrogen (secondary N) is 3. The van der Waals surface area contributed by atoms with E-state index in [2.05, 4.69) is 20.9 Å². The van der Waals surface area contributed by atoms with Crippen LogP contribution in [0, 0.1) is 5.92 Å². The number of aliphatic imine (C=N–C) groups is 1. The molecule has 1 saturated carbocycles. The molecule has 7 nitrogen and oxygen atoms in total. The molecule has 0 radical (unpaired) electrons. The minimum Gasteiger partial charge on any atom is -0.357 e. The van der Waals surface area contributed by atoms with Gasteiger partial charge in [-0.05, 0) is 50.3 Å². The van der Waals surface area contributed by atoms with E-state index >= 15 is 0 Å². The van der Waals surface area contributed by atoms with Gasteiger partial charge >= 0.3 is 0 Å². The van der Waals surface area contributed by atoms with Crippen LogP contribution in [0.4, 0.5) is 5.69 Å². The SMILES string of the molecule is CCNC(=NCc1cccc(NC(=O)C2CCCCC2)c1)NCC(=O)N1CCCC1. The molecule has 0 bridgehead atoms. The fourth-order valence-corrected chi connectivity index (χ4v) is 4.11. The van der Waals surface area contributed by atoms with Gasteiger partial charge < -0.3 is 20.9 Å². The lowest BCUT2D eigenvalue weighted by atomic mass is 9.88. The first-order valence-corrected chi connectivity index (χ1v) is 11.4. The molecule has 0 aromatic heterocycles.